The molecule has 2 amide bonds. The van der Waals surface area contributed by atoms with Crippen molar-refractivity contribution in [3.63, 3.8) is 0 Å². The second-order valence-corrected chi connectivity index (χ2v) is 8.19. The molecule has 1 fully saturated rings. The zero-order chi connectivity index (χ0) is 22.0. The predicted octanol–water partition coefficient (Wildman–Crippen LogP) is 2.76. The molecular weight excluding hydrogens is 399 g/mol. The van der Waals surface area contributed by atoms with Gasteiger partial charge in [-0.2, -0.15) is 0 Å². The van der Waals surface area contributed by atoms with E-state index in [4.69, 9.17) is 14.7 Å². The van der Waals surface area contributed by atoms with Crippen molar-refractivity contribution in [1.82, 2.24) is 14.9 Å². The van der Waals surface area contributed by atoms with Crippen LogP contribution in [0, 0.1) is 12.7 Å². The zero-order valence-corrected chi connectivity index (χ0v) is 17.9. The Bertz CT molecular complexity index is 980. The van der Waals surface area contributed by atoms with Gasteiger partial charge in [-0.25, -0.2) is 14.4 Å². The lowest BCUT2D eigenvalue weighted by Crippen LogP contribution is -2.41. The van der Waals surface area contributed by atoms with E-state index in [0.717, 1.165) is 29.7 Å². The summed E-state index contributed by atoms with van der Waals surface area (Å²) in [6.45, 7) is 3.61. The van der Waals surface area contributed by atoms with Crippen molar-refractivity contribution in [3.05, 3.63) is 52.7 Å². The van der Waals surface area contributed by atoms with Crippen LogP contribution in [-0.2, 0) is 27.3 Å². The quantitative estimate of drug-likeness (QED) is 0.735. The van der Waals surface area contributed by atoms with E-state index in [9.17, 15) is 14.0 Å². The molecule has 1 atom stereocenters. The molecule has 1 aromatic heterocycles. The van der Waals surface area contributed by atoms with Crippen LogP contribution >= 0.6 is 0 Å². The van der Waals surface area contributed by atoms with Gasteiger partial charge in [-0.15, -0.1) is 0 Å². The lowest BCUT2D eigenvalue weighted by Gasteiger charge is -2.34. The number of ether oxygens (including phenoxy) is 1. The highest BCUT2D eigenvalue weighted by molar-refractivity contribution is 5.95. The second-order valence-electron chi connectivity index (χ2n) is 8.19. The first kappa shape index (κ1) is 21.4. The summed E-state index contributed by atoms with van der Waals surface area (Å²) >= 11 is 0. The molecule has 31 heavy (non-hydrogen) atoms. The summed E-state index contributed by atoms with van der Waals surface area (Å²) in [7, 11) is 1.52. The Morgan fingerprint density at radius 2 is 2.00 bits per heavy atom. The summed E-state index contributed by atoms with van der Waals surface area (Å²) in [5.41, 5.74) is 2.69. The molecule has 4 rings (SSSR count). The molecule has 2 aliphatic heterocycles. The molecule has 0 saturated carbocycles. The molecule has 0 bridgehead atoms. The topological polar surface area (TPSA) is 75.6 Å². The number of halogens is 1. The van der Waals surface area contributed by atoms with Crippen molar-refractivity contribution in [3.8, 4) is 0 Å². The van der Waals surface area contributed by atoms with E-state index < -0.39 is 0 Å². The monoisotopic (exact) mass is 426 g/mol. The Morgan fingerprint density at radius 3 is 2.74 bits per heavy atom. The molecule has 0 radical (unpaired) electrons. The zero-order valence-electron chi connectivity index (χ0n) is 17.9. The standard InChI is InChI=1S/C23H27FN4O3/c1-15-19-9-10-20(29)28(12-16-5-7-18(24)8-6-16)23(19)26-22(25-15)17-4-3-11-27(13-17)21(30)14-31-2/h5-8,17H,3-4,9-14H2,1-2H3/t17-/m0/s1. The molecule has 0 unspecified atom stereocenters. The number of carbonyl (C=O) groups is 2. The van der Waals surface area contributed by atoms with Crippen LogP contribution in [0.4, 0.5) is 10.2 Å². The number of hydrogen-bond donors (Lipinski definition) is 0. The minimum Gasteiger partial charge on any atom is -0.375 e. The fourth-order valence-electron chi connectivity index (χ4n) is 4.35. The van der Waals surface area contributed by atoms with Crippen molar-refractivity contribution >= 4 is 17.6 Å². The number of likely N-dealkylation sites (tertiary alicyclic amines) is 1. The molecular formula is C23H27FN4O3. The highest BCUT2D eigenvalue weighted by Gasteiger charge is 2.31. The van der Waals surface area contributed by atoms with Crippen LogP contribution in [0.2, 0.25) is 0 Å². The third-order valence-electron chi connectivity index (χ3n) is 6.02. The molecule has 2 aromatic rings. The molecule has 3 heterocycles. The van der Waals surface area contributed by atoms with Crippen LogP contribution in [0.5, 0.6) is 0 Å². The summed E-state index contributed by atoms with van der Waals surface area (Å²) in [6.07, 6.45) is 2.78. The van der Waals surface area contributed by atoms with Crippen molar-refractivity contribution in [2.75, 3.05) is 31.7 Å². The number of aromatic nitrogens is 2. The maximum absolute atomic E-state index is 13.3. The van der Waals surface area contributed by atoms with Gasteiger partial charge in [0.2, 0.25) is 11.8 Å². The Hall–Kier alpha value is -2.87. The number of hydrogen-bond acceptors (Lipinski definition) is 5. The SMILES string of the molecule is COCC(=O)N1CCC[C@H](c2nc(C)c3c(n2)N(Cc2ccc(F)cc2)C(=O)CC3)C1. The largest absolute Gasteiger partial charge is 0.375 e. The molecule has 7 nitrogen and oxygen atoms in total. The first-order valence-electron chi connectivity index (χ1n) is 10.6. The number of anilines is 1. The van der Waals surface area contributed by atoms with Gasteiger partial charge in [0.05, 0.1) is 6.54 Å². The Morgan fingerprint density at radius 1 is 1.23 bits per heavy atom. The van der Waals surface area contributed by atoms with Gasteiger partial charge in [0, 0.05) is 43.8 Å². The Labute approximate surface area is 181 Å². The van der Waals surface area contributed by atoms with Gasteiger partial charge in [0.1, 0.15) is 24.1 Å². The smallest absolute Gasteiger partial charge is 0.248 e. The highest BCUT2D eigenvalue weighted by atomic mass is 19.1. The van der Waals surface area contributed by atoms with Gasteiger partial charge in [-0.3, -0.25) is 14.5 Å². The van der Waals surface area contributed by atoms with Gasteiger partial charge < -0.3 is 9.64 Å². The number of fused-ring (bicyclic) bond motifs is 1. The minimum atomic E-state index is -0.306. The Balaban J connectivity index is 1.63. The fraction of sp³-hybridized carbons (Fsp3) is 0.478. The van der Waals surface area contributed by atoms with Crippen molar-refractivity contribution in [2.45, 2.75) is 45.1 Å². The molecule has 164 valence electrons. The molecule has 1 saturated heterocycles. The van der Waals surface area contributed by atoms with Crippen LogP contribution in [0.3, 0.4) is 0 Å². The number of nitrogens with zero attached hydrogens (tertiary/aromatic N) is 4. The first-order chi connectivity index (χ1) is 15.0. The summed E-state index contributed by atoms with van der Waals surface area (Å²) < 4.78 is 18.3. The number of piperidine rings is 1. The van der Waals surface area contributed by atoms with Crippen molar-refractivity contribution in [1.29, 1.82) is 0 Å². The lowest BCUT2D eigenvalue weighted by molar-refractivity contribution is -0.136. The van der Waals surface area contributed by atoms with E-state index in [-0.39, 0.29) is 30.2 Å². The number of carbonyl (C=O) groups excluding carboxylic acids is 2. The minimum absolute atomic E-state index is 0.00131. The molecule has 8 heteroatoms. The van der Waals surface area contributed by atoms with Gasteiger partial charge in [-0.05, 0) is 43.9 Å². The number of aryl methyl sites for hydroxylation is 1. The summed E-state index contributed by atoms with van der Waals surface area (Å²) in [5, 5.41) is 0. The number of rotatable bonds is 5. The second kappa shape index (κ2) is 9.09. The lowest BCUT2D eigenvalue weighted by atomic mass is 9.95. The van der Waals surface area contributed by atoms with Gasteiger partial charge in [0.15, 0.2) is 0 Å². The van der Waals surface area contributed by atoms with E-state index in [1.807, 2.05) is 6.92 Å². The third-order valence-corrected chi connectivity index (χ3v) is 6.02. The van der Waals surface area contributed by atoms with Gasteiger partial charge in [0.25, 0.3) is 0 Å². The molecule has 1 aromatic carbocycles. The van der Waals surface area contributed by atoms with Crippen molar-refractivity contribution in [2.24, 2.45) is 0 Å². The Kier molecular flexibility index (Phi) is 6.27. The average molecular weight is 426 g/mol. The number of methoxy groups -OCH3 is 1. The van der Waals surface area contributed by atoms with Crippen LogP contribution in [0.1, 0.15) is 47.8 Å². The molecule has 0 aliphatic carbocycles. The molecule has 0 spiro atoms. The van der Waals surface area contributed by atoms with Crippen molar-refractivity contribution < 1.29 is 18.7 Å². The summed E-state index contributed by atoms with van der Waals surface area (Å²) in [5.74, 6) is 0.993. The molecule has 0 N–H and O–H groups in total. The maximum Gasteiger partial charge on any atom is 0.248 e. The van der Waals surface area contributed by atoms with Crippen LogP contribution in [0.25, 0.3) is 0 Å². The summed E-state index contributed by atoms with van der Waals surface area (Å²) in [4.78, 5) is 38.1. The van der Waals surface area contributed by atoms with Crippen LogP contribution < -0.4 is 4.90 Å². The van der Waals surface area contributed by atoms with E-state index >= 15 is 0 Å². The maximum atomic E-state index is 13.3. The number of benzene rings is 1. The highest BCUT2D eigenvalue weighted by Crippen LogP contribution is 2.33. The number of amides is 2. The first-order valence-corrected chi connectivity index (χ1v) is 10.6. The van der Waals surface area contributed by atoms with E-state index in [1.165, 1.54) is 19.2 Å². The molecule has 2 aliphatic rings. The normalized spacial score (nSPS) is 18.8. The van der Waals surface area contributed by atoms with E-state index in [0.29, 0.717) is 44.1 Å². The average Bonchev–Trinajstić information content (AvgIpc) is 2.77. The van der Waals surface area contributed by atoms with Crippen LogP contribution in [-0.4, -0.2) is 53.5 Å². The van der Waals surface area contributed by atoms with Gasteiger partial charge >= 0.3 is 0 Å². The third kappa shape index (κ3) is 4.58. The summed E-state index contributed by atoms with van der Waals surface area (Å²) in [6, 6.07) is 6.17. The predicted molar refractivity (Wildman–Crippen MR) is 113 cm³/mol. The van der Waals surface area contributed by atoms with Crippen LogP contribution in [0.15, 0.2) is 24.3 Å². The van der Waals surface area contributed by atoms with Gasteiger partial charge in [-0.1, -0.05) is 12.1 Å². The van der Waals surface area contributed by atoms with E-state index in [2.05, 4.69) is 0 Å². The fourth-order valence-corrected chi connectivity index (χ4v) is 4.35. The van der Waals surface area contributed by atoms with E-state index in [1.54, 1.807) is 21.9 Å².